The Hall–Kier alpha value is -1.81. The van der Waals surface area contributed by atoms with Gasteiger partial charge in [0, 0.05) is 31.2 Å². The molecular formula is C16H18ClN3O. The maximum absolute atomic E-state index is 12.5. The van der Waals surface area contributed by atoms with Crippen LogP contribution in [0.3, 0.4) is 0 Å². The summed E-state index contributed by atoms with van der Waals surface area (Å²) in [6.45, 7) is 0.596. The van der Waals surface area contributed by atoms with Crippen LogP contribution in [0.2, 0.25) is 5.02 Å². The lowest BCUT2D eigenvalue weighted by atomic mass is 10.1. The van der Waals surface area contributed by atoms with Crippen molar-refractivity contribution in [1.29, 1.82) is 0 Å². The fourth-order valence-electron chi connectivity index (χ4n) is 2.71. The molecule has 1 fully saturated rings. The predicted octanol–water partition coefficient (Wildman–Crippen LogP) is 2.84. The summed E-state index contributed by atoms with van der Waals surface area (Å²) in [5.41, 5.74) is 2.24. The molecule has 1 saturated carbocycles. The Morgan fingerprint density at radius 2 is 2.10 bits per heavy atom. The second-order valence-corrected chi connectivity index (χ2v) is 6.08. The van der Waals surface area contributed by atoms with E-state index >= 15 is 0 Å². The number of halogens is 1. The molecule has 1 aliphatic rings. The van der Waals surface area contributed by atoms with Crippen molar-refractivity contribution in [2.45, 2.75) is 18.9 Å². The summed E-state index contributed by atoms with van der Waals surface area (Å²) in [6.07, 6.45) is 2.68. The van der Waals surface area contributed by atoms with Gasteiger partial charge in [0.25, 0.3) is 0 Å². The van der Waals surface area contributed by atoms with Gasteiger partial charge in [-0.1, -0.05) is 23.7 Å². The Balaban J connectivity index is 1.62. The average Bonchev–Trinajstić information content (AvgIpc) is 3.17. The number of nitrogens with zero attached hydrogens (tertiary/aromatic N) is 3. The third-order valence-corrected chi connectivity index (χ3v) is 4.36. The van der Waals surface area contributed by atoms with Gasteiger partial charge in [0.2, 0.25) is 5.91 Å². The minimum Gasteiger partial charge on any atom is -0.340 e. The van der Waals surface area contributed by atoms with E-state index < -0.39 is 0 Å². The largest absolute Gasteiger partial charge is 0.340 e. The minimum atomic E-state index is 0.101. The molecule has 0 saturated heterocycles. The van der Waals surface area contributed by atoms with Crippen LogP contribution in [0.15, 0.2) is 36.5 Å². The predicted molar refractivity (Wildman–Crippen MR) is 82.0 cm³/mol. The Morgan fingerprint density at radius 3 is 2.71 bits per heavy atom. The SMILES string of the molecule is CN(Cc1ccnn1C)C(=O)C1CC1c1ccc(Cl)cc1. The number of amides is 1. The molecule has 4 nitrogen and oxygen atoms in total. The van der Waals surface area contributed by atoms with Crippen LogP contribution >= 0.6 is 11.6 Å². The zero-order chi connectivity index (χ0) is 15.0. The van der Waals surface area contributed by atoms with Crippen molar-refractivity contribution in [1.82, 2.24) is 14.7 Å². The molecule has 5 heteroatoms. The van der Waals surface area contributed by atoms with Crippen molar-refractivity contribution in [3.8, 4) is 0 Å². The molecule has 1 amide bonds. The standard InChI is InChI=1S/C16H18ClN3O/c1-19(10-13-7-8-18-20(13)2)16(21)15-9-14(15)11-3-5-12(17)6-4-11/h3-8,14-15H,9-10H2,1-2H3. The molecule has 2 unspecified atom stereocenters. The number of carbonyl (C=O) groups excluding carboxylic acids is 1. The maximum atomic E-state index is 12.5. The van der Waals surface area contributed by atoms with Crippen molar-refractivity contribution >= 4 is 17.5 Å². The number of hydrogen-bond acceptors (Lipinski definition) is 2. The Bertz CT molecular complexity index is 650. The van der Waals surface area contributed by atoms with Crippen molar-refractivity contribution in [2.24, 2.45) is 13.0 Å². The number of aryl methyl sites for hydroxylation is 1. The summed E-state index contributed by atoms with van der Waals surface area (Å²) in [5.74, 6) is 0.643. The van der Waals surface area contributed by atoms with Gasteiger partial charge >= 0.3 is 0 Å². The van der Waals surface area contributed by atoms with E-state index in [0.29, 0.717) is 12.5 Å². The third kappa shape index (κ3) is 2.95. The van der Waals surface area contributed by atoms with E-state index in [2.05, 4.69) is 5.10 Å². The van der Waals surface area contributed by atoms with E-state index in [4.69, 9.17) is 11.6 Å². The maximum Gasteiger partial charge on any atom is 0.226 e. The minimum absolute atomic E-state index is 0.101. The van der Waals surface area contributed by atoms with E-state index in [-0.39, 0.29) is 11.8 Å². The van der Waals surface area contributed by atoms with Crippen molar-refractivity contribution in [2.75, 3.05) is 7.05 Å². The fourth-order valence-corrected chi connectivity index (χ4v) is 2.83. The Labute approximate surface area is 129 Å². The van der Waals surface area contributed by atoms with Crippen LogP contribution in [0.4, 0.5) is 0 Å². The summed E-state index contributed by atoms with van der Waals surface area (Å²) in [4.78, 5) is 14.3. The van der Waals surface area contributed by atoms with Crippen molar-refractivity contribution in [3.05, 3.63) is 52.8 Å². The summed E-state index contributed by atoms with van der Waals surface area (Å²) in [5, 5.41) is 4.86. The highest BCUT2D eigenvalue weighted by molar-refractivity contribution is 6.30. The zero-order valence-electron chi connectivity index (χ0n) is 12.2. The number of rotatable bonds is 4. The molecule has 1 aromatic heterocycles. The van der Waals surface area contributed by atoms with Gasteiger partial charge in [0.1, 0.15) is 0 Å². The Morgan fingerprint density at radius 1 is 1.38 bits per heavy atom. The molecule has 3 rings (SSSR count). The molecule has 1 heterocycles. The van der Waals surface area contributed by atoms with Gasteiger partial charge in [-0.15, -0.1) is 0 Å². The van der Waals surface area contributed by atoms with Gasteiger partial charge < -0.3 is 4.90 Å². The number of aromatic nitrogens is 2. The van der Waals surface area contributed by atoms with Gasteiger partial charge in [-0.3, -0.25) is 9.48 Å². The fraction of sp³-hybridized carbons (Fsp3) is 0.375. The van der Waals surface area contributed by atoms with Crippen LogP contribution in [0, 0.1) is 5.92 Å². The molecule has 0 spiro atoms. The number of carbonyl (C=O) groups is 1. The molecule has 0 N–H and O–H groups in total. The van der Waals surface area contributed by atoms with Crippen molar-refractivity contribution in [3.63, 3.8) is 0 Å². The lowest BCUT2D eigenvalue weighted by molar-refractivity contribution is -0.131. The molecule has 1 aromatic carbocycles. The average molecular weight is 304 g/mol. The molecule has 1 aliphatic carbocycles. The van der Waals surface area contributed by atoms with Gasteiger partial charge in [0.05, 0.1) is 12.2 Å². The number of benzene rings is 1. The summed E-state index contributed by atoms with van der Waals surface area (Å²) in [7, 11) is 3.74. The highest BCUT2D eigenvalue weighted by atomic mass is 35.5. The van der Waals surface area contributed by atoms with Crippen LogP contribution in [-0.2, 0) is 18.4 Å². The number of hydrogen-bond donors (Lipinski definition) is 0. The third-order valence-electron chi connectivity index (χ3n) is 4.10. The van der Waals surface area contributed by atoms with Gasteiger partial charge in [0.15, 0.2) is 0 Å². The molecule has 0 radical (unpaired) electrons. The smallest absolute Gasteiger partial charge is 0.226 e. The zero-order valence-corrected chi connectivity index (χ0v) is 12.9. The summed E-state index contributed by atoms with van der Waals surface area (Å²) < 4.78 is 1.80. The first kappa shape index (κ1) is 14.1. The first-order valence-electron chi connectivity index (χ1n) is 7.03. The molecular weight excluding hydrogens is 286 g/mol. The van der Waals surface area contributed by atoms with Gasteiger partial charge in [-0.2, -0.15) is 5.10 Å². The van der Waals surface area contributed by atoms with E-state index in [1.807, 2.05) is 44.4 Å². The lowest BCUT2D eigenvalue weighted by Crippen LogP contribution is -2.28. The van der Waals surface area contributed by atoms with Crippen LogP contribution in [-0.4, -0.2) is 27.6 Å². The summed E-state index contributed by atoms with van der Waals surface area (Å²) in [6, 6.07) is 9.74. The van der Waals surface area contributed by atoms with Gasteiger partial charge in [-0.05, 0) is 36.1 Å². The first-order chi connectivity index (χ1) is 10.1. The molecule has 0 bridgehead atoms. The highest BCUT2D eigenvalue weighted by Crippen LogP contribution is 2.48. The van der Waals surface area contributed by atoms with Crippen LogP contribution in [0.25, 0.3) is 0 Å². The monoisotopic (exact) mass is 303 g/mol. The van der Waals surface area contributed by atoms with E-state index in [1.54, 1.807) is 15.8 Å². The molecule has 2 aromatic rings. The molecule has 21 heavy (non-hydrogen) atoms. The second-order valence-electron chi connectivity index (χ2n) is 5.64. The van der Waals surface area contributed by atoms with E-state index in [9.17, 15) is 4.79 Å². The van der Waals surface area contributed by atoms with E-state index in [0.717, 1.165) is 17.1 Å². The van der Waals surface area contributed by atoms with E-state index in [1.165, 1.54) is 5.56 Å². The quantitative estimate of drug-likeness (QED) is 0.871. The van der Waals surface area contributed by atoms with Crippen molar-refractivity contribution < 1.29 is 4.79 Å². The normalized spacial score (nSPS) is 20.3. The second kappa shape index (κ2) is 5.53. The van der Waals surface area contributed by atoms with Crippen LogP contribution < -0.4 is 0 Å². The summed E-state index contributed by atoms with van der Waals surface area (Å²) >= 11 is 5.90. The highest BCUT2D eigenvalue weighted by Gasteiger charge is 2.45. The molecule has 110 valence electrons. The Kier molecular flexibility index (Phi) is 3.72. The first-order valence-corrected chi connectivity index (χ1v) is 7.41. The van der Waals surface area contributed by atoms with Gasteiger partial charge in [-0.25, -0.2) is 0 Å². The topological polar surface area (TPSA) is 38.1 Å². The molecule has 2 atom stereocenters. The van der Waals surface area contributed by atoms with Crippen LogP contribution in [0.5, 0.6) is 0 Å². The van der Waals surface area contributed by atoms with Crippen LogP contribution in [0.1, 0.15) is 23.6 Å². The lowest BCUT2D eigenvalue weighted by Gasteiger charge is -2.17. The molecule has 0 aliphatic heterocycles.